The molecule has 0 spiro atoms. The summed E-state index contributed by atoms with van der Waals surface area (Å²) in [5.41, 5.74) is 1.26. The van der Waals surface area contributed by atoms with Crippen molar-refractivity contribution in [2.45, 2.75) is 12.5 Å². The van der Waals surface area contributed by atoms with Crippen LogP contribution in [0.25, 0.3) is 0 Å². The highest BCUT2D eigenvalue weighted by Crippen LogP contribution is 2.30. The van der Waals surface area contributed by atoms with Gasteiger partial charge in [-0.25, -0.2) is 0 Å². The number of benzene rings is 1. The van der Waals surface area contributed by atoms with E-state index in [0.29, 0.717) is 6.04 Å². The number of nitrogens with zero attached hydrogens (tertiary/aromatic N) is 1. The Labute approximate surface area is 137 Å². The van der Waals surface area contributed by atoms with Gasteiger partial charge < -0.3 is 10.4 Å². The summed E-state index contributed by atoms with van der Waals surface area (Å²) in [6.45, 7) is 4.36. The Morgan fingerprint density at radius 1 is 1.21 bits per heavy atom. The maximum Gasteiger partial charge on any atom is 0.0449 e. The zero-order valence-electron chi connectivity index (χ0n) is 10.6. The Balaban J connectivity index is 0.00000180. The fourth-order valence-corrected chi connectivity index (χ4v) is 3.04. The SMILES string of the molecule is Cl.OCC[C@H](c1ccc(Br)c(Br)c1)N1CCNCC1. The van der Waals surface area contributed by atoms with Crippen LogP contribution in [0.1, 0.15) is 18.0 Å². The standard InChI is InChI=1S/C13H18Br2N2O.ClH/c14-11-2-1-10(9-12(11)15)13(3-8-18)17-6-4-16-5-7-17;/h1-2,9,13,16,18H,3-8H2;1H/t13-;/m1./s1. The second-order valence-electron chi connectivity index (χ2n) is 4.49. The van der Waals surface area contributed by atoms with E-state index in [1.54, 1.807) is 0 Å². The zero-order chi connectivity index (χ0) is 13.0. The van der Waals surface area contributed by atoms with Gasteiger partial charge in [0.05, 0.1) is 0 Å². The summed E-state index contributed by atoms with van der Waals surface area (Å²) >= 11 is 7.04. The van der Waals surface area contributed by atoms with Crippen LogP contribution in [-0.2, 0) is 0 Å². The molecular formula is C13H19Br2ClN2O. The van der Waals surface area contributed by atoms with Crippen molar-refractivity contribution < 1.29 is 5.11 Å². The lowest BCUT2D eigenvalue weighted by atomic mass is 10.0. The summed E-state index contributed by atoms with van der Waals surface area (Å²) in [6, 6.07) is 6.65. The van der Waals surface area contributed by atoms with Crippen LogP contribution in [0, 0.1) is 0 Å². The van der Waals surface area contributed by atoms with Gasteiger partial charge in [0.25, 0.3) is 0 Å². The summed E-state index contributed by atoms with van der Waals surface area (Å²) < 4.78 is 2.13. The predicted molar refractivity (Wildman–Crippen MR) is 88.0 cm³/mol. The molecule has 2 rings (SSSR count). The number of aliphatic hydroxyl groups is 1. The molecule has 0 saturated carbocycles. The van der Waals surface area contributed by atoms with E-state index in [0.717, 1.165) is 41.5 Å². The fourth-order valence-electron chi connectivity index (χ4n) is 2.40. The van der Waals surface area contributed by atoms with Gasteiger partial charge in [-0.3, -0.25) is 4.90 Å². The zero-order valence-corrected chi connectivity index (χ0v) is 14.6. The van der Waals surface area contributed by atoms with Crippen LogP contribution in [0.3, 0.4) is 0 Å². The van der Waals surface area contributed by atoms with Crippen LogP contribution in [0.2, 0.25) is 0 Å². The largest absolute Gasteiger partial charge is 0.396 e. The number of halogens is 3. The van der Waals surface area contributed by atoms with E-state index in [9.17, 15) is 5.11 Å². The Bertz CT molecular complexity index is 400. The fraction of sp³-hybridized carbons (Fsp3) is 0.538. The number of hydrogen-bond acceptors (Lipinski definition) is 3. The molecule has 0 radical (unpaired) electrons. The van der Waals surface area contributed by atoms with E-state index in [1.165, 1.54) is 5.56 Å². The maximum atomic E-state index is 9.29. The van der Waals surface area contributed by atoms with E-state index in [4.69, 9.17) is 0 Å². The molecule has 0 aromatic heterocycles. The first-order chi connectivity index (χ1) is 8.72. The second kappa shape index (κ2) is 8.60. The average Bonchev–Trinajstić information content (AvgIpc) is 2.40. The number of piperazine rings is 1. The van der Waals surface area contributed by atoms with Crippen molar-refractivity contribution in [2.24, 2.45) is 0 Å². The van der Waals surface area contributed by atoms with Gasteiger partial charge in [0.15, 0.2) is 0 Å². The molecular weight excluding hydrogens is 395 g/mol. The molecule has 0 amide bonds. The third-order valence-corrected chi connectivity index (χ3v) is 5.20. The molecule has 19 heavy (non-hydrogen) atoms. The van der Waals surface area contributed by atoms with Gasteiger partial charge in [0.2, 0.25) is 0 Å². The van der Waals surface area contributed by atoms with Crippen LogP contribution >= 0.6 is 44.3 Å². The predicted octanol–water partition coefficient (Wildman–Crippen LogP) is 2.96. The minimum absolute atomic E-state index is 0. The normalized spacial score (nSPS) is 17.8. The third kappa shape index (κ3) is 4.69. The van der Waals surface area contributed by atoms with Gasteiger partial charge in [0, 0.05) is 47.8 Å². The first-order valence-electron chi connectivity index (χ1n) is 6.23. The number of hydrogen-bond donors (Lipinski definition) is 2. The Hall–Kier alpha value is 0.350. The summed E-state index contributed by atoms with van der Waals surface area (Å²) in [6.07, 6.45) is 0.786. The molecule has 0 unspecified atom stereocenters. The minimum atomic E-state index is 0. The molecule has 1 aliphatic rings. The molecule has 1 aromatic carbocycles. The highest BCUT2D eigenvalue weighted by Gasteiger charge is 2.22. The molecule has 3 nitrogen and oxygen atoms in total. The molecule has 1 fully saturated rings. The van der Waals surface area contributed by atoms with Crippen molar-refractivity contribution in [3.8, 4) is 0 Å². The van der Waals surface area contributed by atoms with Gasteiger partial charge in [-0.2, -0.15) is 0 Å². The molecule has 0 aliphatic carbocycles. The first kappa shape index (κ1) is 17.4. The summed E-state index contributed by atoms with van der Waals surface area (Å²) in [4.78, 5) is 2.45. The van der Waals surface area contributed by atoms with Crippen molar-refractivity contribution >= 4 is 44.3 Å². The molecule has 1 saturated heterocycles. The van der Waals surface area contributed by atoms with Gasteiger partial charge in [-0.05, 0) is 56.0 Å². The average molecular weight is 415 g/mol. The lowest BCUT2D eigenvalue weighted by Crippen LogP contribution is -2.45. The van der Waals surface area contributed by atoms with Crippen LogP contribution in [0.15, 0.2) is 27.1 Å². The van der Waals surface area contributed by atoms with Crippen LogP contribution in [0.5, 0.6) is 0 Å². The lowest BCUT2D eigenvalue weighted by molar-refractivity contribution is 0.141. The first-order valence-corrected chi connectivity index (χ1v) is 7.81. The summed E-state index contributed by atoms with van der Waals surface area (Å²) in [5, 5.41) is 12.7. The molecule has 6 heteroatoms. The summed E-state index contributed by atoms with van der Waals surface area (Å²) in [7, 11) is 0. The monoisotopic (exact) mass is 412 g/mol. The Morgan fingerprint density at radius 3 is 2.47 bits per heavy atom. The van der Waals surface area contributed by atoms with Crippen LogP contribution in [0.4, 0.5) is 0 Å². The van der Waals surface area contributed by atoms with Crippen molar-refractivity contribution in [2.75, 3.05) is 32.8 Å². The van der Waals surface area contributed by atoms with Crippen molar-refractivity contribution in [3.05, 3.63) is 32.7 Å². The van der Waals surface area contributed by atoms with Crippen LogP contribution < -0.4 is 5.32 Å². The maximum absolute atomic E-state index is 9.29. The number of nitrogens with one attached hydrogen (secondary N) is 1. The topological polar surface area (TPSA) is 35.5 Å². The van der Waals surface area contributed by atoms with Crippen molar-refractivity contribution in [1.29, 1.82) is 0 Å². The number of rotatable bonds is 4. The van der Waals surface area contributed by atoms with E-state index in [1.807, 2.05) is 0 Å². The highest BCUT2D eigenvalue weighted by molar-refractivity contribution is 9.13. The minimum Gasteiger partial charge on any atom is -0.396 e. The third-order valence-electron chi connectivity index (χ3n) is 3.32. The highest BCUT2D eigenvalue weighted by atomic mass is 79.9. The quantitative estimate of drug-likeness (QED) is 0.795. The van der Waals surface area contributed by atoms with E-state index in [-0.39, 0.29) is 19.0 Å². The van der Waals surface area contributed by atoms with Crippen molar-refractivity contribution in [3.63, 3.8) is 0 Å². The Kier molecular flexibility index (Phi) is 7.87. The second-order valence-corrected chi connectivity index (χ2v) is 6.20. The van der Waals surface area contributed by atoms with E-state index < -0.39 is 0 Å². The molecule has 1 atom stereocenters. The molecule has 108 valence electrons. The summed E-state index contributed by atoms with van der Waals surface area (Å²) in [5.74, 6) is 0. The van der Waals surface area contributed by atoms with E-state index >= 15 is 0 Å². The smallest absolute Gasteiger partial charge is 0.0449 e. The Morgan fingerprint density at radius 2 is 1.89 bits per heavy atom. The van der Waals surface area contributed by atoms with Gasteiger partial charge >= 0.3 is 0 Å². The van der Waals surface area contributed by atoms with Gasteiger partial charge in [0.1, 0.15) is 0 Å². The number of aliphatic hydroxyl groups excluding tert-OH is 1. The van der Waals surface area contributed by atoms with Crippen molar-refractivity contribution in [1.82, 2.24) is 10.2 Å². The lowest BCUT2D eigenvalue weighted by Gasteiger charge is -2.35. The molecule has 1 heterocycles. The molecule has 0 bridgehead atoms. The van der Waals surface area contributed by atoms with Gasteiger partial charge in [-0.1, -0.05) is 6.07 Å². The van der Waals surface area contributed by atoms with Crippen LogP contribution in [-0.4, -0.2) is 42.8 Å². The van der Waals surface area contributed by atoms with E-state index in [2.05, 4.69) is 60.3 Å². The molecule has 1 aromatic rings. The van der Waals surface area contributed by atoms with Gasteiger partial charge in [-0.15, -0.1) is 12.4 Å². The molecule has 2 N–H and O–H groups in total. The molecule has 1 aliphatic heterocycles.